The van der Waals surface area contributed by atoms with Gasteiger partial charge in [0.2, 0.25) is 0 Å². The summed E-state index contributed by atoms with van der Waals surface area (Å²) in [5.74, 6) is -3.45. The Bertz CT molecular complexity index is 421. The topological polar surface area (TPSA) is 26.3 Å². The molecule has 0 aliphatic heterocycles. The van der Waals surface area contributed by atoms with E-state index >= 15 is 0 Å². The highest BCUT2D eigenvalue weighted by atomic mass is 19.4. The second-order valence-electron chi connectivity index (χ2n) is 3.51. The van der Waals surface area contributed by atoms with Crippen molar-refractivity contribution in [2.24, 2.45) is 0 Å². The summed E-state index contributed by atoms with van der Waals surface area (Å²) < 4.78 is 66.7. The fraction of sp³-hybridized carbons (Fsp3) is 0.364. The fourth-order valence-electron chi connectivity index (χ4n) is 1.13. The molecule has 1 unspecified atom stereocenters. The number of hydrogen-bond acceptors (Lipinski definition) is 2. The smallest absolute Gasteiger partial charge is 0.361 e. The molecule has 1 rings (SSSR count). The Morgan fingerprint density at radius 3 is 2.22 bits per heavy atom. The quantitative estimate of drug-likeness (QED) is 0.619. The number of alkyl halides is 3. The van der Waals surface area contributed by atoms with Gasteiger partial charge in [0, 0.05) is 0 Å². The molecule has 0 spiro atoms. The highest BCUT2D eigenvalue weighted by Gasteiger charge is 2.37. The fourth-order valence-corrected chi connectivity index (χ4v) is 1.13. The molecule has 0 saturated heterocycles. The molecule has 1 aromatic carbocycles. The van der Waals surface area contributed by atoms with Gasteiger partial charge >= 0.3 is 6.18 Å². The van der Waals surface area contributed by atoms with Crippen LogP contribution < -0.4 is 0 Å². The van der Waals surface area contributed by atoms with Crippen molar-refractivity contribution in [3.8, 4) is 0 Å². The largest absolute Gasteiger partial charge is 0.414 e. The van der Waals surface area contributed by atoms with E-state index in [-0.39, 0.29) is 0 Å². The van der Waals surface area contributed by atoms with Crippen LogP contribution in [0.5, 0.6) is 0 Å². The van der Waals surface area contributed by atoms with Gasteiger partial charge in [0.05, 0.1) is 5.56 Å². The minimum atomic E-state index is -4.63. The van der Waals surface area contributed by atoms with Crippen molar-refractivity contribution >= 4 is 5.78 Å². The van der Waals surface area contributed by atoms with Crippen LogP contribution in [0, 0.1) is 11.6 Å². The van der Waals surface area contributed by atoms with Gasteiger partial charge in [-0.15, -0.1) is 0 Å². The first kappa shape index (κ1) is 14.6. The molecule has 0 aliphatic carbocycles. The number of hydrogen-bond donors (Lipinski definition) is 0. The van der Waals surface area contributed by atoms with Crippen molar-refractivity contribution in [3.05, 3.63) is 35.4 Å². The van der Waals surface area contributed by atoms with Crippen LogP contribution >= 0.6 is 0 Å². The Labute approximate surface area is 99.4 Å². The summed E-state index contributed by atoms with van der Waals surface area (Å²) in [5.41, 5.74) is -0.896. The van der Waals surface area contributed by atoms with E-state index in [0.29, 0.717) is 6.92 Å². The normalized spacial score (nSPS) is 13.4. The Balaban J connectivity index is 2.73. The predicted octanol–water partition coefficient (Wildman–Crippen LogP) is 3.11. The average Bonchev–Trinajstić information content (AvgIpc) is 2.24. The van der Waals surface area contributed by atoms with E-state index in [1.807, 2.05) is 0 Å². The van der Waals surface area contributed by atoms with E-state index in [0.717, 1.165) is 18.2 Å². The third-order valence-electron chi connectivity index (χ3n) is 2.17. The lowest BCUT2D eigenvalue weighted by Crippen LogP contribution is -2.30. The van der Waals surface area contributed by atoms with E-state index in [2.05, 4.69) is 4.74 Å². The molecule has 0 aromatic heterocycles. The molecule has 1 atom stereocenters. The highest BCUT2D eigenvalue weighted by molar-refractivity contribution is 5.97. The zero-order valence-electron chi connectivity index (χ0n) is 9.22. The van der Waals surface area contributed by atoms with Crippen LogP contribution in [0.15, 0.2) is 18.2 Å². The van der Waals surface area contributed by atoms with Crippen LogP contribution in [-0.4, -0.2) is 24.7 Å². The number of ketones is 1. The van der Waals surface area contributed by atoms with E-state index in [4.69, 9.17) is 0 Å². The van der Waals surface area contributed by atoms with Crippen molar-refractivity contribution < 1.29 is 31.5 Å². The highest BCUT2D eigenvalue weighted by Crippen LogP contribution is 2.22. The number of ether oxygens (including phenoxy) is 1. The molecule has 100 valence electrons. The summed E-state index contributed by atoms with van der Waals surface area (Å²) >= 11 is 0. The molecule has 2 nitrogen and oxygen atoms in total. The zero-order chi connectivity index (χ0) is 13.9. The molecule has 0 saturated carbocycles. The molecule has 1 aromatic rings. The van der Waals surface area contributed by atoms with Crippen LogP contribution in [0.25, 0.3) is 0 Å². The van der Waals surface area contributed by atoms with Crippen molar-refractivity contribution in [3.63, 3.8) is 0 Å². The maximum atomic E-state index is 13.1. The van der Waals surface area contributed by atoms with Gasteiger partial charge in [0.1, 0.15) is 18.2 Å². The molecule has 0 N–H and O–H groups in total. The molecule has 0 fully saturated rings. The SMILES string of the molecule is CC(OCC(=O)c1c(F)cccc1F)C(F)(F)F. The van der Waals surface area contributed by atoms with Gasteiger partial charge in [-0.3, -0.25) is 4.79 Å². The maximum Gasteiger partial charge on any atom is 0.414 e. The second kappa shape index (κ2) is 5.43. The lowest BCUT2D eigenvalue weighted by molar-refractivity contribution is -0.210. The lowest BCUT2D eigenvalue weighted by atomic mass is 10.1. The molecule has 0 aliphatic rings. The average molecular weight is 268 g/mol. The van der Waals surface area contributed by atoms with Crippen molar-refractivity contribution in [2.45, 2.75) is 19.2 Å². The van der Waals surface area contributed by atoms with E-state index in [1.54, 1.807) is 0 Å². The Kier molecular flexibility index (Phi) is 4.39. The monoisotopic (exact) mass is 268 g/mol. The van der Waals surface area contributed by atoms with Crippen LogP contribution in [0.1, 0.15) is 17.3 Å². The Morgan fingerprint density at radius 1 is 1.28 bits per heavy atom. The second-order valence-corrected chi connectivity index (χ2v) is 3.51. The molecule has 0 heterocycles. The number of rotatable bonds is 4. The summed E-state index contributed by atoms with van der Waals surface area (Å²) in [6, 6.07) is 2.72. The molecular formula is C11H9F5O2. The number of halogens is 5. The summed E-state index contributed by atoms with van der Waals surface area (Å²) in [4.78, 5) is 11.3. The van der Waals surface area contributed by atoms with Gasteiger partial charge in [-0.05, 0) is 19.1 Å². The first-order valence-electron chi connectivity index (χ1n) is 4.89. The molecule has 0 radical (unpaired) electrons. The lowest BCUT2D eigenvalue weighted by Gasteiger charge is -2.15. The number of carbonyl (C=O) groups is 1. The predicted molar refractivity (Wildman–Crippen MR) is 52.2 cm³/mol. The summed E-state index contributed by atoms with van der Waals surface area (Å²) in [6.45, 7) is -0.344. The first-order valence-corrected chi connectivity index (χ1v) is 4.89. The van der Waals surface area contributed by atoms with Crippen molar-refractivity contribution in [1.82, 2.24) is 0 Å². The van der Waals surface area contributed by atoms with Crippen LogP contribution in [-0.2, 0) is 4.74 Å². The van der Waals surface area contributed by atoms with E-state index < -0.39 is 41.9 Å². The summed E-state index contributed by atoms with van der Waals surface area (Å²) in [6.07, 6.45) is -6.81. The minimum Gasteiger partial charge on any atom is -0.361 e. The maximum absolute atomic E-state index is 13.1. The molecule has 7 heteroatoms. The standard InChI is InChI=1S/C11H9F5O2/c1-6(11(14,15)16)18-5-9(17)10-7(12)3-2-4-8(10)13/h2-4,6H,5H2,1H3. The van der Waals surface area contributed by atoms with Gasteiger partial charge in [-0.1, -0.05) is 6.07 Å². The third kappa shape index (κ3) is 3.49. The third-order valence-corrected chi connectivity index (χ3v) is 2.17. The molecule has 18 heavy (non-hydrogen) atoms. The van der Waals surface area contributed by atoms with E-state index in [9.17, 15) is 26.7 Å². The van der Waals surface area contributed by atoms with Gasteiger partial charge in [-0.2, -0.15) is 13.2 Å². The number of carbonyl (C=O) groups excluding carboxylic acids is 1. The van der Waals surface area contributed by atoms with Gasteiger partial charge < -0.3 is 4.74 Å². The first-order chi connectivity index (χ1) is 8.23. The minimum absolute atomic E-state index is 0.699. The summed E-state index contributed by atoms with van der Waals surface area (Å²) in [7, 11) is 0. The van der Waals surface area contributed by atoms with Crippen LogP contribution in [0.4, 0.5) is 22.0 Å². The number of benzene rings is 1. The Morgan fingerprint density at radius 2 is 1.78 bits per heavy atom. The zero-order valence-corrected chi connectivity index (χ0v) is 9.22. The molecule has 0 amide bonds. The Hall–Kier alpha value is -1.50. The van der Waals surface area contributed by atoms with Crippen molar-refractivity contribution in [1.29, 1.82) is 0 Å². The number of Topliss-reactive ketones (excluding diaryl/α,β-unsaturated/α-hetero) is 1. The van der Waals surface area contributed by atoms with Crippen LogP contribution in [0.2, 0.25) is 0 Å². The van der Waals surface area contributed by atoms with Gasteiger partial charge in [0.25, 0.3) is 0 Å². The van der Waals surface area contributed by atoms with Crippen molar-refractivity contribution in [2.75, 3.05) is 6.61 Å². The summed E-state index contributed by atoms with van der Waals surface area (Å²) in [5, 5.41) is 0. The molecular weight excluding hydrogens is 259 g/mol. The van der Waals surface area contributed by atoms with Crippen LogP contribution in [0.3, 0.4) is 0 Å². The van der Waals surface area contributed by atoms with Gasteiger partial charge in [0.15, 0.2) is 11.9 Å². The van der Waals surface area contributed by atoms with E-state index in [1.165, 1.54) is 0 Å². The molecule has 0 bridgehead atoms. The van der Waals surface area contributed by atoms with Gasteiger partial charge in [-0.25, -0.2) is 8.78 Å².